The smallest absolute Gasteiger partial charge is 0.222 e. The fourth-order valence-electron chi connectivity index (χ4n) is 1.33. The second kappa shape index (κ2) is 4.61. The van der Waals surface area contributed by atoms with Crippen molar-refractivity contribution < 1.29 is 4.79 Å². The van der Waals surface area contributed by atoms with Gasteiger partial charge in [0, 0.05) is 19.5 Å². The van der Waals surface area contributed by atoms with E-state index in [-0.39, 0.29) is 5.91 Å². The molecule has 1 saturated carbocycles. The van der Waals surface area contributed by atoms with E-state index in [0.717, 1.165) is 6.42 Å². The molecule has 0 saturated heterocycles. The number of carbonyl (C=O) groups excluding carboxylic acids is 1. The zero-order chi connectivity index (χ0) is 9.84. The van der Waals surface area contributed by atoms with Crippen LogP contribution in [-0.2, 0) is 4.79 Å². The Morgan fingerprint density at radius 3 is 2.69 bits per heavy atom. The normalized spacial score (nSPS) is 18.4. The number of amides is 1. The van der Waals surface area contributed by atoms with Gasteiger partial charge in [-0.1, -0.05) is 6.92 Å². The first-order valence-corrected chi connectivity index (χ1v) is 5.11. The molecule has 1 rings (SSSR count). The molecular weight excluding hydrogens is 164 g/mol. The molecule has 1 aliphatic rings. The van der Waals surface area contributed by atoms with Crippen LogP contribution in [0.25, 0.3) is 0 Å². The van der Waals surface area contributed by atoms with E-state index < -0.39 is 0 Å². The van der Waals surface area contributed by atoms with Crippen molar-refractivity contribution in [3.05, 3.63) is 0 Å². The zero-order valence-corrected chi connectivity index (χ0v) is 8.62. The Labute approximate surface area is 80.3 Å². The quantitative estimate of drug-likeness (QED) is 0.692. The van der Waals surface area contributed by atoms with E-state index in [9.17, 15) is 4.79 Å². The molecule has 1 fully saturated rings. The van der Waals surface area contributed by atoms with Crippen molar-refractivity contribution in [3.8, 4) is 0 Å². The van der Waals surface area contributed by atoms with Crippen LogP contribution in [0.2, 0.25) is 0 Å². The lowest BCUT2D eigenvalue weighted by molar-refractivity contribution is -0.130. The van der Waals surface area contributed by atoms with E-state index in [0.29, 0.717) is 24.9 Å². The van der Waals surface area contributed by atoms with Crippen LogP contribution >= 0.6 is 0 Å². The Morgan fingerprint density at radius 2 is 2.23 bits per heavy atom. The van der Waals surface area contributed by atoms with Crippen LogP contribution in [0.5, 0.6) is 0 Å². The summed E-state index contributed by atoms with van der Waals surface area (Å²) in [4.78, 5) is 13.4. The van der Waals surface area contributed by atoms with E-state index in [4.69, 9.17) is 5.73 Å². The van der Waals surface area contributed by atoms with E-state index in [1.807, 2.05) is 11.9 Å². The molecule has 0 aromatic carbocycles. The molecule has 3 nitrogen and oxygen atoms in total. The number of rotatable bonds is 5. The molecule has 3 heteroatoms. The molecule has 0 bridgehead atoms. The number of hydrogen-bond donors (Lipinski definition) is 1. The van der Waals surface area contributed by atoms with Gasteiger partial charge in [-0.25, -0.2) is 0 Å². The molecule has 0 radical (unpaired) electrons. The summed E-state index contributed by atoms with van der Waals surface area (Å²) in [6.45, 7) is 2.77. The number of carbonyl (C=O) groups is 1. The minimum atomic E-state index is 0.280. The minimum absolute atomic E-state index is 0.280. The fraction of sp³-hybridized carbons (Fsp3) is 0.900. The SMILES string of the molecule is CC(CN)CCC(=O)N(C)C1CC1. The molecule has 76 valence electrons. The first-order chi connectivity index (χ1) is 6.15. The van der Waals surface area contributed by atoms with Crippen LogP contribution in [0.1, 0.15) is 32.6 Å². The van der Waals surface area contributed by atoms with E-state index in [2.05, 4.69) is 6.92 Å². The van der Waals surface area contributed by atoms with Crippen molar-refractivity contribution in [3.63, 3.8) is 0 Å². The molecule has 13 heavy (non-hydrogen) atoms. The van der Waals surface area contributed by atoms with Gasteiger partial charge in [0.15, 0.2) is 0 Å². The lowest BCUT2D eigenvalue weighted by Gasteiger charge is -2.17. The summed E-state index contributed by atoms with van der Waals surface area (Å²) in [5.41, 5.74) is 5.48. The maximum atomic E-state index is 11.5. The standard InChI is InChI=1S/C10H20N2O/c1-8(7-11)3-6-10(13)12(2)9-4-5-9/h8-9H,3-7,11H2,1-2H3. The van der Waals surface area contributed by atoms with Crippen LogP contribution in [0.3, 0.4) is 0 Å². The molecule has 1 unspecified atom stereocenters. The van der Waals surface area contributed by atoms with Gasteiger partial charge in [-0.3, -0.25) is 4.79 Å². The molecule has 0 aliphatic heterocycles. The molecule has 2 N–H and O–H groups in total. The summed E-state index contributed by atoms with van der Waals surface area (Å²) in [5, 5.41) is 0. The van der Waals surface area contributed by atoms with Crippen molar-refractivity contribution in [2.75, 3.05) is 13.6 Å². The third kappa shape index (κ3) is 3.35. The predicted molar refractivity (Wildman–Crippen MR) is 53.2 cm³/mol. The number of hydrogen-bond acceptors (Lipinski definition) is 2. The summed E-state index contributed by atoms with van der Waals surface area (Å²) < 4.78 is 0. The largest absolute Gasteiger partial charge is 0.343 e. The average molecular weight is 184 g/mol. The monoisotopic (exact) mass is 184 g/mol. The Bertz CT molecular complexity index is 178. The molecule has 1 aliphatic carbocycles. The van der Waals surface area contributed by atoms with Gasteiger partial charge >= 0.3 is 0 Å². The van der Waals surface area contributed by atoms with Crippen LogP contribution in [0.15, 0.2) is 0 Å². The van der Waals surface area contributed by atoms with Crippen molar-refractivity contribution in [2.45, 2.75) is 38.6 Å². The summed E-state index contributed by atoms with van der Waals surface area (Å²) in [6.07, 6.45) is 3.96. The lowest BCUT2D eigenvalue weighted by Crippen LogP contribution is -2.29. The Morgan fingerprint density at radius 1 is 1.62 bits per heavy atom. The van der Waals surface area contributed by atoms with Crippen molar-refractivity contribution in [1.29, 1.82) is 0 Å². The van der Waals surface area contributed by atoms with Crippen molar-refractivity contribution >= 4 is 5.91 Å². The third-order valence-corrected chi connectivity index (χ3v) is 2.74. The number of nitrogens with zero attached hydrogens (tertiary/aromatic N) is 1. The Hall–Kier alpha value is -0.570. The van der Waals surface area contributed by atoms with Gasteiger partial charge < -0.3 is 10.6 Å². The van der Waals surface area contributed by atoms with Gasteiger partial charge in [-0.15, -0.1) is 0 Å². The Kier molecular flexibility index (Phi) is 3.72. The van der Waals surface area contributed by atoms with Crippen molar-refractivity contribution in [1.82, 2.24) is 4.90 Å². The second-order valence-corrected chi connectivity index (χ2v) is 4.12. The Balaban J connectivity index is 2.16. The van der Waals surface area contributed by atoms with E-state index in [1.165, 1.54) is 12.8 Å². The van der Waals surface area contributed by atoms with Gasteiger partial charge in [-0.05, 0) is 31.7 Å². The highest BCUT2D eigenvalue weighted by atomic mass is 16.2. The minimum Gasteiger partial charge on any atom is -0.343 e. The van der Waals surface area contributed by atoms with Gasteiger partial charge in [0.1, 0.15) is 0 Å². The molecule has 0 aromatic rings. The molecular formula is C10H20N2O. The van der Waals surface area contributed by atoms with E-state index >= 15 is 0 Å². The van der Waals surface area contributed by atoms with Gasteiger partial charge in [0.2, 0.25) is 5.91 Å². The summed E-state index contributed by atoms with van der Waals surface area (Å²) in [5.74, 6) is 0.749. The summed E-state index contributed by atoms with van der Waals surface area (Å²) in [7, 11) is 1.91. The van der Waals surface area contributed by atoms with E-state index in [1.54, 1.807) is 0 Å². The third-order valence-electron chi connectivity index (χ3n) is 2.74. The van der Waals surface area contributed by atoms with Crippen molar-refractivity contribution in [2.24, 2.45) is 11.7 Å². The summed E-state index contributed by atoms with van der Waals surface area (Å²) >= 11 is 0. The van der Waals surface area contributed by atoms with Gasteiger partial charge in [0.25, 0.3) is 0 Å². The number of nitrogens with two attached hydrogens (primary N) is 1. The highest BCUT2D eigenvalue weighted by Crippen LogP contribution is 2.26. The van der Waals surface area contributed by atoms with Crippen LogP contribution in [0, 0.1) is 5.92 Å². The molecule has 0 aromatic heterocycles. The zero-order valence-electron chi connectivity index (χ0n) is 8.62. The highest BCUT2D eigenvalue weighted by molar-refractivity contribution is 5.76. The first-order valence-electron chi connectivity index (χ1n) is 5.11. The molecule has 1 amide bonds. The van der Waals surface area contributed by atoms with Crippen LogP contribution in [-0.4, -0.2) is 30.4 Å². The topological polar surface area (TPSA) is 46.3 Å². The predicted octanol–water partition coefficient (Wildman–Crippen LogP) is 0.982. The maximum Gasteiger partial charge on any atom is 0.222 e. The highest BCUT2D eigenvalue weighted by Gasteiger charge is 2.29. The second-order valence-electron chi connectivity index (χ2n) is 4.12. The molecule has 0 spiro atoms. The molecule has 1 atom stereocenters. The van der Waals surface area contributed by atoms with Crippen LogP contribution in [0.4, 0.5) is 0 Å². The first kappa shape index (κ1) is 10.5. The maximum absolute atomic E-state index is 11.5. The summed E-state index contributed by atoms with van der Waals surface area (Å²) in [6, 6.07) is 0.542. The lowest BCUT2D eigenvalue weighted by atomic mass is 10.1. The fourth-order valence-corrected chi connectivity index (χ4v) is 1.33. The van der Waals surface area contributed by atoms with Crippen LogP contribution < -0.4 is 5.73 Å². The molecule has 0 heterocycles. The van der Waals surface area contributed by atoms with Gasteiger partial charge in [-0.2, -0.15) is 0 Å². The average Bonchev–Trinajstić information content (AvgIpc) is 2.95. The van der Waals surface area contributed by atoms with Gasteiger partial charge in [0.05, 0.1) is 0 Å².